The van der Waals surface area contributed by atoms with Gasteiger partial charge >= 0.3 is 0 Å². The molecule has 1 heterocycles. The van der Waals surface area contributed by atoms with Crippen molar-refractivity contribution in [3.63, 3.8) is 0 Å². The van der Waals surface area contributed by atoms with Crippen LogP contribution < -0.4 is 0 Å². The van der Waals surface area contributed by atoms with Crippen molar-refractivity contribution in [3.8, 4) is 0 Å². The summed E-state index contributed by atoms with van der Waals surface area (Å²) in [6.45, 7) is 13.7. The smallest absolute Gasteiger partial charge is 0.228 e. The Morgan fingerprint density at radius 1 is 1.06 bits per heavy atom. The summed E-state index contributed by atoms with van der Waals surface area (Å²) in [5.74, 6) is 0.312. The van der Waals surface area contributed by atoms with E-state index in [2.05, 4.69) is 25.7 Å². The van der Waals surface area contributed by atoms with E-state index < -0.39 is 0 Å². The van der Waals surface area contributed by atoms with Gasteiger partial charge in [0.15, 0.2) is 0 Å². The molecule has 1 saturated heterocycles. The minimum atomic E-state index is -0.249. The van der Waals surface area contributed by atoms with E-state index in [0.29, 0.717) is 11.9 Å². The van der Waals surface area contributed by atoms with Gasteiger partial charge in [0, 0.05) is 18.0 Å². The van der Waals surface area contributed by atoms with E-state index in [-0.39, 0.29) is 10.8 Å². The second-order valence-electron chi connectivity index (χ2n) is 7.13. The highest BCUT2D eigenvalue weighted by Crippen LogP contribution is 2.34. The van der Waals surface area contributed by atoms with Gasteiger partial charge in [-0.3, -0.25) is 4.79 Å². The summed E-state index contributed by atoms with van der Waals surface area (Å²) in [6, 6.07) is 0.410. The van der Waals surface area contributed by atoms with Crippen LogP contribution in [-0.2, 0) is 4.79 Å². The molecule has 1 amide bonds. The van der Waals surface area contributed by atoms with Crippen LogP contribution in [0.1, 0.15) is 60.8 Å². The second-order valence-corrected chi connectivity index (χ2v) is 7.13. The maximum atomic E-state index is 12.4. The number of rotatable bonds is 0. The van der Waals surface area contributed by atoms with Gasteiger partial charge in [-0.25, -0.2) is 0 Å². The molecule has 0 aliphatic carbocycles. The molecular weight excluding hydrogens is 198 g/mol. The van der Waals surface area contributed by atoms with Gasteiger partial charge in [-0.15, -0.1) is 0 Å². The number of hydrogen-bond acceptors (Lipinski definition) is 1. The van der Waals surface area contributed by atoms with Gasteiger partial charge in [-0.1, -0.05) is 41.5 Å². The maximum absolute atomic E-state index is 12.4. The average molecular weight is 225 g/mol. The van der Waals surface area contributed by atoms with E-state index in [0.717, 1.165) is 19.4 Å². The number of likely N-dealkylation sites (tertiary alicyclic amines) is 1. The minimum Gasteiger partial charge on any atom is -0.339 e. The zero-order valence-electron chi connectivity index (χ0n) is 11.8. The molecule has 1 rings (SSSR count). The summed E-state index contributed by atoms with van der Waals surface area (Å²) in [5, 5.41) is 0. The molecule has 2 heteroatoms. The summed E-state index contributed by atoms with van der Waals surface area (Å²) < 4.78 is 0. The van der Waals surface area contributed by atoms with Gasteiger partial charge in [0.1, 0.15) is 0 Å². The zero-order chi connectivity index (χ0) is 12.6. The highest BCUT2D eigenvalue weighted by atomic mass is 16.2. The van der Waals surface area contributed by atoms with Crippen molar-refractivity contribution >= 4 is 5.91 Å². The van der Waals surface area contributed by atoms with Gasteiger partial charge < -0.3 is 4.90 Å². The molecular formula is C14H27NO. The molecule has 0 aromatic carbocycles. The number of hydrogen-bond donors (Lipinski definition) is 0. The fraction of sp³-hybridized carbons (Fsp3) is 0.929. The summed E-state index contributed by atoms with van der Waals surface area (Å²) in [4.78, 5) is 14.5. The molecule has 0 spiro atoms. The Morgan fingerprint density at radius 2 is 1.62 bits per heavy atom. The van der Waals surface area contributed by atoms with Crippen molar-refractivity contribution in [1.82, 2.24) is 4.90 Å². The fourth-order valence-electron chi connectivity index (χ4n) is 2.51. The van der Waals surface area contributed by atoms with Crippen molar-refractivity contribution in [2.24, 2.45) is 10.8 Å². The Bertz CT molecular complexity index is 257. The van der Waals surface area contributed by atoms with Crippen LogP contribution in [0, 0.1) is 10.8 Å². The van der Waals surface area contributed by atoms with Crippen LogP contribution >= 0.6 is 0 Å². The lowest BCUT2D eigenvalue weighted by Gasteiger charge is -2.45. The Hall–Kier alpha value is -0.530. The minimum absolute atomic E-state index is 0.196. The Kier molecular flexibility index (Phi) is 3.71. The predicted molar refractivity (Wildman–Crippen MR) is 68.3 cm³/mol. The Balaban J connectivity index is 2.87. The van der Waals surface area contributed by atoms with Crippen LogP contribution in [0.25, 0.3) is 0 Å². The molecule has 1 fully saturated rings. The van der Waals surface area contributed by atoms with Gasteiger partial charge in [0.05, 0.1) is 0 Å². The Morgan fingerprint density at radius 3 is 2.06 bits per heavy atom. The SMILES string of the molecule is CC(C)(C)C(=O)N1CCCCC1C(C)(C)C. The van der Waals surface area contributed by atoms with E-state index >= 15 is 0 Å². The normalized spacial score (nSPS) is 23.4. The molecule has 1 aliphatic heterocycles. The molecule has 0 saturated carbocycles. The first-order valence-electron chi connectivity index (χ1n) is 6.45. The van der Waals surface area contributed by atoms with Crippen LogP contribution in [0.3, 0.4) is 0 Å². The monoisotopic (exact) mass is 225 g/mol. The van der Waals surface area contributed by atoms with Crippen molar-refractivity contribution < 1.29 is 4.79 Å². The molecule has 2 nitrogen and oxygen atoms in total. The predicted octanol–water partition coefficient (Wildman–Crippen LogP) is 3.46. The van der Waals surface area contributed by atoms with E-state index in [1.807, 2.05) is 20.8 Å². The van der Waals surface area contributed by atoms with Gasteiger partial charge in [-0.05, 0) is 24.7 Å². The maximum Gasteiger partial charge on any atom is 0.228 e. The van der Waals surface area contributed by atoms with Gasteiger partial charge in [-0.2, -0.15) is 0 Å². The third-order valence-corrected chi connectivity index (χ3v) is 3.40. The summed E-state index contributed by atoms with van der Waals surface area (Å²) in [5.41, 5.74) is -0.0534. The first-order valence-corrected chi connectivity index (χ1v) is 6.45. The molecule has 0 radical (unpaired) electrons. The van der Waals surface area contributed by atoms with Crippen LogP contribution in [0.2, 0.25) is 0 Å². The van der Waals surface area contributed by atoms with E-state index in [1.165, 1.54) is 6.42 Å². The molecule has 1 aliphatic rings. The third-order valence-electron chi connectivity index (χ3n) is 3.40. The first-order chi connectivity index (χ1) is 7.14. The molecule has 94 valence electrons. The van der Waals surface area contributed by atoms with Crippen molar-refractivity contribution in [1.29, 1.82) is 0 Å². The third kappa shape index (κ3) is 2.99. The van der Waals surface area contributed by atoms with Crippen LogP contribution in [-0.4, -0.2) is 23.4 Å². The summed E-state index contributed by atoms with van der Waals surface area (Å²) in [6.07, 6.45) is 3.58. The van der Waals surface area contributed by atoms with Crippen LogP contribution in [0.5, 0.6) is 0 Å². The standard InChI is InChI=1S/C14H27NO/c1-13(2,3)11-9-7-8-10-15(11)12(16)14(4,5)6/h11H,7-10H2,1-6H3. The topological polar surface area (TPSA) is 20.3 Å². The zero-order valence-corrected chi connectivity index (χ0v) is 11.8. The number of amides is 1. The van der Waals surface area contributed by atoms with Gasteiger partial charge in [0.2, 0.25) is 5.91 Å². The number of piperidine rings is 1. The molecule has 0 bridgehead atoms. The van der Waals surface area contributed by atoms with Gasteiger partial charge in [0.25, 0.3) is 0 Å². The molecule has 16 heavy (non-hydrogen) atoms. The molecule has 1 unspecified atom stereocenters. The van der Waals surface area contributed by atoms with E-state index in [1.54, 1.807) is 0 Å². The molecule has 0 N–H and O–H groups in total. The average Bonchev–Trinajstić information content (AvgIpc) is 2.14. The lowest BCUT2D eigenvalue weighted by Crippen LogP contribution is -2.53. The lowest BCUT2D eigenvalue weighted by molar-refractivity contribution is -0.146. The largest absolute Gasteiger partial charge is 0.339 e. The number of carbonyl (C=O) groups is 1. The van der Waals surface area contributed by atoms with Crippen LogP contribution in [0.15, 0.2) is 0 Å². The molecule has 1 atom stereocenters. The second kappa shape index (κ2) is 4.38. The van der Waals surface area contributed by atoms with Crippen LogP contribution in [0.4, 0.5) is 0 Å². The fourth-order valence-corrected chi connectivity index (χ4v) is 2.51. The lowest BCUT2D eigenvalue weighted by atomic mass is 9.79. The van der Waals surface area contributed by atoms with E-state index in [9.17, 15) is 4.79 Å². The number of carbonyl (C=O) groups excluding carboxylic acids is 1. The highest BCUT2D eigenvalue weighted by Gasteiger charge is 2.38. The Labute approximate surface area is 100 Å². The molecule has 0 aromatic heterocycles. The van der Waals surface area contributed by atoms with E-state index in [4.69, 9.17) is 0 Å². The quantitative estimate of drug-likeness (QED) is 0.618. The molecule has 0 aromatic rings. The van der Waals surface area contributed by atoms with Crippen molar-refractivity contribution in [2.75, 3.05) is 6.54 Å². The number of nitrogens with zero attached hydrogens (tertiary/aromatic N) is 1. The van der Waals surface area contributed by atoms with Crippen molar-refractivity contribution in [2.45, 2.75) is 66.8 Å². The highest BCUT2D eigenvalue weighted by molar-refractivity contribution is 5.82. The first kappa shape index (κ1) is 13.5. The van der Waals surface area contributed by atoms with Crippen molar-refractivity contribution in [3.05, 3.63) is 0 Å². The summed E-state index contributed by atoms with van der Waals surface area (Å²) >= 11 is 0. The summed E-state index contributed by atoms with van der Waals surface area (Å²) in [7, 11) is 0.